The number of hydrogen-bond acceptors (Lipinski definition) is 3. The number of benzene rings is 1. The Labute approximate surface area is 111 Å². The number of pyridine rings is 1. The van der Waals surface area contributed by atoms with Crippen molar-refractivity contribution in [1.29, 1.82) is 0 Å². The van der Waals surface area contributed by atoms with E-state index in [0.29, 0.717) is 11.4 Å². The maximum absolute atomic E-state index is 11.3. The fourth-order valence-electron chi connectivity index (χ4n) is 1.70. The van der Waals surface area contributed by atoms with E-state index in [0.717, 1.165) is 5.56 Å². The Morgan fingerprint density at radius 1 is 1.21 bits per heavy atom. The summed E-state index contributed by atoms with van der Waals surface area (Å²) in [5.74, 6) is 0.693. The SMILES string of the molecule is COc1ccc(N(Cc2ccncc2)C(=O)O)cc1. The van der Waals surface area contributed by atoms with Crippen LogP contribution in [0.2, 0.25) is 0 Å². The Balaban J connectivity index is 2.22. The van der Waals surface area contributed by atoms with Crippen molar-refractivity contribution < 1.29 is 14.6 Å². The average Bonchev–Trinajstić information content (AvgIpc) is 2.46. The highest BCUT2D eigenvalue weighted by Gasteiger charge is 2.14. The van der Waals surface area contributed by atoms with Crippen molar-refractivity contribution in [2.75, 3.05) is 12.0 Å². The molecule has 5 heteroatoms. The molecule has 0 saturated heterocycles. The molecule has 0 spiro atoms. The van der Waals surface area contributed by atoms with Crippen LogP contribution in [0.15, 0.2) is 48.8 Å². The van der Waals surface area contributed by atoms with E-state index in [2.05, 4.69) is 4.98 Å². The Morgan fingerprint density at radius 3 is 2.37 bits per heavy atom. The van der Waals surface area contributed by atoms with Gasteiger partial charge in [-0.25, -0.2) is 4.79 Å². The number of hydrogen-bond donors (Lipinski definition) is 1. The molecule has 0 atom stereocenters. The average molecular weight is 258 g/mol. The van der Waals surface area contributed by atoms with Crippen LogP contribution in [0.3, 0.4) is 0 Å². The molecule has 0 fully saturated rings. The van der Waals surface area contributed by atoms with Gasteiger partial charge in [-0.05, 0) is 42.0 Å². The van der Waals surface area contributed by atoms with Crippen molar-refractivity contribution in [1.82, 2.24) is 4.98 Å². The lowest BCUT2D eigenvalue weighted by molar-refractivity contribution is 0.201. The van der Waals surface area contributed by atoms with E-state index in [1.165, 1.54) is 4.90 Å². The molecule has 0 saturated carbocycles. The van der Waals surface area contributed by atoms with Crippen molar-refractivity contribution in [2.45, 2.75) is 6.54 Å². The lowest BCUT2D eigenvalue weighted by Crippen LogP contribution is -2.28. The van der Waals surface area contributed by atoms with Gasteiger partial charge in [0.2, 0.25) is 0 Å². The zero-order valence-electron chi connectivity index (χ0n) is 10.5. The summed E-state index contributed by atoms with van der Waals surface area (Å²) in [5.41, 5.74) is 1.48. The molecule has 2 aromatic rings. The topological polar surface area (TPSA) is 62.7 Å². The third-order valence-electron chi connectivity index (χ3n) is 2.71. The van der Waals surface area contributed by atoms with E-state index in [1.54, 1.807) is 55.9 Å². The highest BCUT2D eigenvalue weighted by Crippen LogP contribution is 2.21. The van der Waals surface area contributed by atoms with E-state index in [4.69, 9.17) is 4.74 Å². The Kier molecular flexibility index (Phi) is 3.97. The van der Waals surface area contributed by atoms with E-state index >= 15 is 0 Å². The predicted octanol–water partition coefficient (Wildman–Crippen LogP) is 2.77. The number of amides is 1. The van der Waals surface area contributed by atoms with E-state index < -0.39 is 6.09 Å². The summed E-state index contributed by atoms with van der Waals surface area (Å²) >= 11 is 0. The normalized spacial score (nSPS) is 9.95. The van der Waals surface area contributed by atoms with E-state index in [1.807, 2.05) is 0 Å². The fraction of sp³-hybridized carbons (Fsp3) is 0.143. The van der Waals surface area contributed by atoms with Crippen LogP contribution < -0.4 is 9.64 Å². The highest BCUT2D eigenvalue weighted by atomic mass is 16.5. The van der Waals surface area contributed by atoms with Gasteiger partial charge in [-0.15, -0.1) is 0 Å². The van der Waals surface area contributed by atoms with Crippen LogP contribution in [-0.4, -0.2) is 23.3 Å². The predicted molar refractivity (Wildman–Crippen MR) is 71.4 cm³/mol. The van der Waals surface area contributed by atoms with Crippen molar-refractivity contribution in [3.05, 3.63) is 54.4 Å². The van der Waals surface area contributed by atoms with Crippen molar-refractivity contribution >= 4 is 11.8 Å². The molecule has 0 aliphatic carbocycles. The molecule has 98 valence electrons. The molecular formula is C14H14N2O3. The summed E-state index contributed by atoms with van der Waals surface area (Å²) < 4.78 is 5.05. The molecule has 1 N–H and O–H groups in total. The second kappa shape index (κ2) is 5.86. The van der Waals surface area contributed by atoms with Gasteiger partial charge in [-0.3, -0.25) is 9.88 Å². The molecule has 19 heavy (non-hydrogen) atoms. The standard InChI is InChI=1S/C14H14N2O3/c1-19-13-4-2-12(3-5-13)16(14(17)18)10-11-6-8-15-9-7-11/h2-9H,10H2,1H3,(H,17,18). The maximum atomic E-state index is 11.3. The number of carbonyl (C=O) groups is 1. The summed E-state index contributed by atoms with van der Waals surface area (Å²) in [5, 5.41) is 9.29. The first kappa shape index (κ1) is 12.9. The van der Waals surface area contributed by atoms with Crippen LogP contribution in [0.25, 0.3) is 0 Å². The van der Waals surface area contributed by atoms with Gasteiger partial charge in [0, 0.05) is 18.1 Å². The first-order valence-electron chi connectivity index (χ1n) is 5.74. The van der Waals surface area contributed by atoms with Gasteiger partial charge in [-0.1, -0.05) is 0 Å². The highest BCUT2D eigenvalue weighted by molar-refractivity contribution is 5.86. The molecule has 0 aliphatic heterocycles. The second-order valence-corrected chi connectivity index (χ2v) is 3.92. The van der Waals surface area contributed by atoms with E-state index in [-0.39, 0.29) is 6.54 Å². The molecule has 0 unspecified atom stereocenters. The van der Waals surface area contributed by atoms with Crippen LogP contribution in [-0.2, 0) is 6.54 Å². The van der Waals surface area contributed by atoms with Gasteiger partial charge in [0.25, 0.3) is 0 Å². The number of methoxy groups -OCH3 is 1. The third-order valence-corrected chi connectivity index (χ3v) is 2.71. The lowest BCUT2D eigenvalue weighted by atomic mass is 10.2. The van der Waals surface area contributed by atoms with Gasteiger partial charge in [-0.2, -0.15) is 0 Å². The molecule has 1 heterocycles. The Morgan fingerprint density at radius 2 is 1.84 bits per heavy atom. The van der Waals surface area contributed by atoms with Crippen LogP contribution in [0.1, 0.15) is 5.56 Å². The van der Waals surface area contributed by atoms with E-state index in [9.17, 15) is 9.90 Å². The molecule has 5 nitrogen and oxygen atoms in total. The summed E-state index contributed by atoms with van der Waals surface area (Å²) in [6.07, 6.45) is 2.29. The number of ether oxygens (including phenoxy) is 1. The summed E-state index contributed by atoms with van der Waals surface area (Å²) in [6.45, 7) is 0.282. The summed E-state index contributed by atoms with van der Waals surface area (Å²) in [6, 6.07) is 10.5. The first-order chi connectivity index (χ1) is 9.20. The summed E-state index contributed by atoms with van der Waals surface area (Å²) in [4.78, 5) is 16.5. The van der Waals surface area contributed by atoms with Crippen LogP contribution in [0, 0.1) is 0 Å². The van der Waals surface area contributed by atoms with Crippen LogP contribution >= 0.6 is 0 Å². The van der Waals surface area contributed by atoms with Gasteiger partial charge in [0.05, 0.1) is 13.7 Å². The maximum Gasteiger partial charge on any atom is 0.412 e. The van der Waals surface area contributed by atoms with Crippen LogP contribution in [0.4, 0.5) is 10.5 Å². The van der Waals surface area contributed by atoms with Crippen molar-refractivity contribution in [3.8, 4) is 5.75 Å². The quantitative estimate of drug-likeness (QED) is 0.915. The fourth-order valence-corrected chi connectivity index (χ4v) is 1.70. The second-order valence-electron chi connectivity index (χ2n) is 3.92. The zero-order chi connectivity index (χ0) is 13.7. The number of rotatable bonds is 4. The largest absolute Gasteiger partial charge is 0.497 e. The molecule has 1 aromatic carbocycles. The van der Waals surface area contributed by atoms with Crippen molar-refractivity contribution in [3.63, 3.8) is 0 Å². The van der Waals surface area contributed by atoms with Gasteiger partial charge < -0.3 is 9.84 Å². The van der Waals surface area contributed by atoms with Gasteiger partial charge in [0.1, 0.15) is 5.75 Å². The molecule has 0 bridgehead atoms. The monoisotopic (exact) mass is 258 g/mol. The number of carboxylic acid groups (broad SMARTS) is 1. The lowest BCUT2D eigenvalue weighted by Gasteiger charge is -2.19. The van der Waals surface area contributed by atoms with Gasteiger partial charge in [0.15, 0.2) is 0 Å². The van der Waals surface area contributed by atoms with Gasteiger partial charge >= 0.3 is 6.09 Å². The molecule has 2 rings (SSSR count). The zero-order valence-corrected chi connectivity index (χ0v) is 10.5. The minimum atomic E-state index is -0.998. The molecule has 1 aromatic heterocycles. The molecular weight excluding hydrogens is 244 g/mol. The first-order valence-corrected chi connectivity index (χ1v) is 5.74. The van der Waals surface area contributed by atoms with Crippen molar-refractivity contribution in [2.24, 2.45) is 0 Å². The number of nitrogens with zero attached hydrogens (tertiary/aromatic N) is 2. The summed E-state index contributed by atoms with van der Waals surface area (Å²) in [7, 11) is 1.57. The molecule has 0 aliphatic rings. The number of aromatic nitrogens is 1. The smallest absolute Gasteiger partial charge is 0.412 e. The Hall–Kier alpha value is -2.56. The van der Waals surface area contributed by atoms with Crippen LogP contribution in [0.5, 0.6) is 5.75 Å². The molecule has 0 radical (unpaired) electrons. The third kappa shape index (κ3) is 3.22. The Bertz CT molecular complexity index is 540. The minimum Gasteiger partial charge on any atom is -0.497 e. The minimum absolute atomic E-state index is 0.282. The number of anilines is 1. The molecule has 1 amide bonds.